The molecule has 0 spiro atoms. The lowest BCUT2D eigenvalue weighted by Crippen LogP contribution is -2.55. The lowest BCUT2D eigenvalue weighted by Gasteiger charge is -2.37. The summed E-state index contributed by atoms with van der Waals surface area (Å²) in [7, 11) is 0. The Labute approximate surface area is 149 Å². The highest BCUT2D eigenvalue weighted by molar-refractivity contribution is 14.1. The van der Waals surface area contributed by atoms with E-state index in [9.17, 15) is 22.8 Å². The molecular weight excluding hydrogens is 444 g/mol. The van der Waals surface area contributed by atoms with E-state index in [-0.39, 0.29) is 15.0 Å². The third-order valence-corrected chi connectivity index (χ3v) is 4.06. The molecule has 0 aliphatic carbocycles. The van der Waals surface area contributed by atoms with Gasteiger partial charge in [0.1, 0.15) is 9.30 Å². The van der Waals surface area contributed by atoms with E-state index >= 15 is 0 Å². The van der Waals surface area contributed by atoms with Gasteiger partial charge in [0.25, 0.3) is 5.91 Å². The van der Waals surface area contributed by atoms with Crippen LogP contribution in [0.1, 0.15) is 36.8 Å². The summed E-state index contributed by atoms with van der Waals surface area (Å²) >= 11 is 1.72. The Morgan fingerprint density at radius 3 is 2.38 bits per heavy atom. The third kappa shape index (κ3) is 3.75. The van der Waals surface area contributed by atoms with Crippen LogP contribution in [0.15, 0.2) is 0 Å². The Kier molecular flexibility index (Phi) is 4.76. The van der Waals surface area contributed by atoms with E-state index in [1.807, 2.05) is 0 Å². The van der Waals surface area contributed by atoms with Crippen LogP contribution in [-0.2, 0) is 17.8 Å². The SMILES string of the molecule is CC(C)(C)OC(=O)N1Cc2c(C(N)=O)c(I)nn2CC1C(F)(F)F. The summed E-state index contributed by atoms with van der Waals surface area (Å²) in [5, 5.41) is 3.93. The fraction of sp³-hybridized carbons (Fsp3) is 0.615. The summed E-state index contributed by atoms with van der Waals surface area (Å²) in [6.45, 7) is 3.58. The van der Waals surface area contributed by atoms with Gasteiger partial charge in [-0.15, -0.1) is 0 Å². The number of carbonyl (C=O) groups excluding carboxylic acids is 2. The fourth-order valence-corrected chi connectivity index (χ4v) is 3.18. The number of hydrogen-bond donors (Lipinski definition) is 1. The van der Waals surface area contributed by atoms with Gasteiger partial charge in [0, 0.05) is 0 Å². The highest BCUT2D eigenvalue weighted by Gasteiger charge is 2.50. The van der Waals surface area contributed by atoms with Crippen LogP contribution in [0, 0.1) is 3.70 Å². The molecule has 1 unspecified atom stereocenters. The smallest absolute Gasteiger partial charge is 0.411 e. The second-order valence-electron chi connectivity index (χ2n) is 6.32. The Bertz CT molecular complexity index is 681. The van der Waals surface area contributed by atoms with E-state index in [0.29, 0.717) is 4.90 Å². The van der Waals surface area contributed by atoms with Crippen molar-refractivity contribution < 1.29 is 27.5 Å². The number of ether oxygens (including phenoxy) is 1. The number of hydrogen-bond acceptors (Lipinski definition) is 4. The monoisotopic (exact) mass is 460 g/mol. The number of nitrogens with zero attached hydrogens (tertiary/aromatic N) is 3. The standard InChI is InChI=1S/C13H16F3IN4O3/c1-12(2,3)24-11(23)20-4-6-8(10(18)22)9(17)19-21(6)5-7(20)13(14,15)16/h7H,4-5H2,1-3H3,(H2,18,22). The van der Waals surface area contributed by atoms with Crippen LogP contribution in [0.3, 0.4) is 0 Å². The molecule has 1 aliphatic heterocycles. The number of carbonyl (C=O) groups is 2. The number of primary amides is 1. The first kappa shape index (κ1) is 18.8. The molecule has 1 aliphatic rings. The van der Waals surface area contributed by atoms with Gasteiger partial charge in [0.15, 0.2) is 6.04 Å². The number of nitrogens with two attached hydrogens (primary N) is 1. The molecule has 7 nitrogen and oxygen atoms in total. The molecule has 2 amide bonds. The third-order valence-electron chi connectivity index (χ3n) is 3.31. The summed E-state index contributed by atoms with van der Waals surface area (Å²) in [6.07, 6.45) is -5.78. The lowest BCUT2D eigenvalue weighted by atomic mass is 10.1. The van der Waals surface area contributed by atoms with Crippen LogP contribution in [-0.4, -0.2) is 44.5 Å². The van der Waals surface area contributed by atoms with Gasteiger partial charge in [0.2, 0.25) is 0 Å². The quantitative estimate of drug-likeness (QED) is 0.652. The number of amides is 2. The molecule has 134 valence electrons. The first-order valence-corrected chi connectivity index (χ1v) is 8.00. The summed E-state index contributed by atoms with van der Waals surface area (Å²) in [5.74, 6) is -0.810. The van der Waals surface area contributed by atoms with E-state index in [1.165, 1.54) is 0 Å². The molecule has 1 atom stereocenters. The summed E-state index contributed by atoms with van der Waals surface area (Å²) in [6, 6.07) is -2.10. The molecule has 2 heterocycles. The maximum absolute atomic E-state index is 13.4. The number of alkyl halides is 3. The molecule has 2 rings (SSSR count). The van der Waals surface area contributed by atoms with Crippen molar-refractivity contribution in [3.63, 3.8) is 0 Å². The molecule has 24 heavy (non-hydrogen) atoms. The van der Waals surface area contributed by atoms with Crippen molar-refractivity contribution in [1.29, 1.82) is 0 Å². The highest BCUT2D eigenvalue weighted by atomic mass is 127. The van der Waals surface area contributed by atoms with Crippen LogP contribution in [0.4, 0.5) is 18.0 Å². The van der Waals surface area contributed by atoms with Crippen molar-refractivity contribution >= 4 is 34.6 Å². The van der Waals surface area contributed by atoms with E-state index < -0.39 is 42.9 Å². The number of halogens is 4. The minimum Gasteiger partial charge on any atom is -0.444 e. The molecule has 1 aromatic heterocycles. The van der Waals surface area contributed by atoms with Crippen molar-refractivity contribution in [2.45, 2.75) is 51.7 Å². The van der Waals surface area contributed by atoms with Crippen LogP contribution in [0.5, 0.6) is 0 Å². The zero-order valence-corrected chi connectivity index (χ0v) is 15.3. The molecule has 1 aromatic rings. The lowest BCUT2D eigenvalue weighted by molar-refractivity contribution is -0.190. The molecule has 11 heteroatoms. The van der Waals surface area contributed by atoms with Gasteiger partial charge in [-0.3, -0.25) is 14.4 Å². The predicted molar refractivity (Wildman–Crippen MR) is 85.1 cm³/mol. The van der Waals surface area contributed by atoms with Crippen molar-refractivity contribution in [2.24, 2.45) is 5.73 Å². The molecule has 0 fully saturated rings. The van der Waals surface area contributed by atoms with Gasteiger partial charge in [-0.05, 0) is 43.4 Å². The number of rotatable bonds is 1. The van der Waals surface area contributed by atoms with Crippen LogP contribution in [0.2, 0.25) is 0 Å². The van der Waals surface area contributed by atoms with Crippen molar-refractivity contribution in [1.82, 2.24) is 14.7 Å². The van der Waals surface area contributed by atoms with Gasteiger partial charge in [-0.25, -0.2) is 4.79 Å². The van der Waals surface area contributed by atoms with E-state index in [4.69, 9.17) is 10.5 Å². The zero-order chi connectivity index (χ0) is 18.4. The zero-order valence-electron chi connectivity index (χ0n) is 13.1. The van der Waals surface area contributed by atoms with Gasteiger partial charge < -0.3 is 10.5 Å². The maximum Gasteiger partial charge on any atom is 0.411 e. The fourth-order valence-electron chi connectivity index (χ4n) is 2.35. The van der Waals surface area contributed by atoms with Crippen molar-refractivity contribution in [2.75, 3.05) is 0 Å². The molecular formula is C13H16F3IN4O3. The molecule has 0 bridgehead atoms. The average Bonchev–Trinajstić information content (AvgIpc) is 2.68. The predicted octanol–water partition coefficient (Wildman–Crippen LogP) is 2.27. The average molecular weight is 460 g/mol. The van der Waals surface area contributed by atoms with Crippen LogP contribution in [0.25, 0.3) is 0 Å². The van der Waals surface area contributed by atoms with Gasteiger partial charge in [-0.1, -0.05) is 0 Å². The highest BCUT2D eigenvalue weighted by Crippen LogP contribution is 2.33. The second kappa shape index (κ2) is 6.08. The van der Waals surface area contributed by atoms with Crippen LogP contribution < -0.4 is 5.73 Å². The number of aromatic nitrogens is 2. The summed E-state index contributed by atoms with van der Waals surface area (Å²) < 4.78 is 46.4. The minimum absolute atomic E-state index is 0.0183. The Morgan fingerprint density at radius 1 is 1.33 bits per heavy atom. The molecule has 0 radical (unpaired) electrons. The van der Waals surface area contributed by atoms with E-state index in [2.05, 4.69) is 5.10 Å². The Balaban J connectivity index is 2.45. The molecule has 0 saturated carbocycles. The first-order valence-electron chi connectivity index (χ1n) is 6.92. The molecule has 2 N–H and O–H groups in total. The van der Waals surface area contributed by atoms with Gasteiger partial charge >= 0.3 is 12.3 Å². The molecule has 0 saturated heterocycles. The largest absolute Gasteiger partial charge is 0.444 e. The van der Waals surface area contributed by atoms with E-state index in [0.717, 1.165) is 4.68 Å². The van der Waals surface area contributed by atoms with Gasteiger partial charge in [-0.2, -0.15) is 18.3 Å². The minimum atomic E-state index is -4.67. The van der Waals surface area contributed by atoms with Crippen LogP contribution >= 0.6 is 22.6 Å². The molecule has 0 aromatic carbocycles. The summed E-state index contributed by atoms with van der Waals surface area (Å²) in [4.78, 5) is 24.3. The number of fused-ring (bicyclic) bond motifs is 1. The topological polar surface area (TPSA) is 90.4 Å². The Morgan fingerprint density at radius 2 is 1.92 bits per heavy atom. The van der Waals surface area contributed by atoms with Crippen molar-refractivity contribution in [3.8, 4) is 0 Å². The first-order chi connectivity index (χ1) is 10.8. The van der Waals surface area contributed by atoms with Crippen molar-refractivity contribution in [3.05, 3.63) is 15.0 Å². The van der Waals surface area contributed by atoms with Gasteiger partial charge in [0.05, 0.1) is 24.3 Å². The summed E-state index contributed by atoms with van der Waals surface area (Å²) in [5.41, 5.74) is 4.50. The normalized spacial score (nSPS) is 18.3. The maximum atomic E-state index is 13.4. The second-order valence-corrected chi connectivity index (χ2v) is 7.35. The van der Waals surface area contributed by atoms with E-state index in [1.54, 1.807) is 43.4 Å². The Hall–Kier alpha value is -1.53.